The van der Waals surface area contributed by atoms with Gasteiger partial charge in [0.1, 0.15) is 5.88 Å². The van der Waals surface area contributed by atoms with Crippen LogP contribution in [0.5, 0.6) is 0 Å². The number of fused-ring (bicyclic) bond motifs is 3. The Morgan fingerprint density at radius 1 is 1.26 bits per heavy atom. The van der Waals surface area contributed by atoms with Crippen molar-refractivity contribution in [2.75, 3.05) is 29.2 Å². The Kier molecular flexibility index (Phi) is 5.79. The molecule has 6 nitrogen and oxygen atoms in total. The Bertz CT molecular complexity index is 1010. The van der Waals surface area contributed by atoms with Crippen LogP contribution < -0.4 is 10.2 Å². The monoisotopic (exact) mass is 452 g/mol. The fraction of sp³-hybridized carbons (Fsp3) is 0.381. The molecule has 1 N–H and O–H groups in total. The number of benzene rings is 1. The highest BCUT2D eigenvalue weighted by molar-refractivity contribution is 6.29. The highest BCUT2D eigenvalue weighted by Crippen LogP contribution is 2.35. The molecule has 1 aromatic heterocycles. The molecule has 2 aliphatic rings. The molecule has 1 saturated heterocycles. The molecule has 2 amide bonds. The van der Waals surface area contributed by atoms with E-state index in [2.05, 4.69) is 15.2 Å². The van der Waals surface area contributed by atoms with Gasteiger partial charge in [0.15, 0.2) is 0 Å². The van der Waals surface area contributed by atoms with Gasteiger partial charge in [-0.3, -0.25) is 14.6 Å². The van der Waals surface area contributed by atoms with Gasteiger partial charge in [0.05, 0.1) is 23.5 Å². The first-order valence-electron chi connectivity index (χ1n) is 9.84. The van der Waals surface area contributed by atoms with Crippen LogP contribution in [0, 0.1) is 0 Å². The van der Waals surface area contributed by atoms with Crippen LogP contribution >= 0.6 is 11.6 Å². The summed E-state index contributed by atoms with van der Waals surface area (Å²) in [6.07, 6.45) is -1.18. The molecule has 0 radical (unpaired) electrons. The Balaban J connectivity index is 1.70. The summed E-state index contributed by atoms with van der Waals surface area (Å²) in [6.45, 7) is 1.43. The van der Waals surface area contributed by atoms with Crippen LogP contribution in [-0.2, 0) is 17.5 Å². The summed E-state index contributed by atoms with van der Waals surface area (Å²) in [5, 5.41) is 2.31. The normalized spacial score (nSPS) is 18.3. The van der Waals surface area contributed by atoms with Crippen molar-refractivity contribution >= 4 is 34.8 Å². The molecule has 1 atom stereocenters. The fourth-order valence-corrected chi connectivity index (χ4v) is 4.24. The van der Waals surface area contributed by atoms with E-state index >= 15 is 0 Å². The molecule has 0 unspecified atom stereocenters. The summed E-state index contributed by atoms with van der Waals surface area (Å²) in [5.41, 5.74) is 0.379. The summed E-state index contributed by atoms with van der Waals surface area (Å²) >= 11 is 5.45. The van der Waals surface area contributed by atoms with Crippen LogP contribution in [0.15, 0.2) is 36.5 Å². The Morgan fingerprint density at radius 3 is 2.81 bits per heavy atom. The molecule has 10 heteroatoms. The highest BCUT2D eigenvalue weighted by atomic mass is 35.5. The molecule has 0 saturated carbocycles. The molecule has 0 bridgehead atoms. The standard InChI is InChI=1S/C21H20ClF3N4O2/c22-10-19(30)27-15-8-13(7-14(9-15)21(23,24)25)20(31)28-11-16-3-2-6-29(16)18-4-1-5-26-17(18)12-28/h1,4-5,7-9,16H,2-3,6,10-12H2,(H,27,30)/t16-/m0/s1. The van der Waals surface area contributed by atoms with Crippen molar-refractivity contribution in [1.29, 1.82) is 0 Å². The second kappa shape index (κ2) is 8.37. The van der Waals surface area contributed by atoms with Gasteiger partial charge in [0, 0.05) is 36.6 Å². The number of rotatable bonds is 3. The molecule has 2 aromatic rings. The minimum atomic E-state index is -4.67. The lowest BCUT2D eigenvalue weighted by Crippen LogP contribution is -2.40. The fourth-order valence-electron chi connectivity index (χ4n) is 4.17. The number of amides is 2. The van der Waals surface area contributed by atoms with E-state index in [0.717, 1.165) is 37.2 Å². The Labute approximate surface area is 182 Å². The molecule has 31 heavy (non-hydrogen) atoms. The third kappa shape index (κ3) is 4.46. The van der Waals surface area contributed by atoms with Gasteiger partial charge >= 0.3 is 6.18 Å². The molecule has 0 spiro atoms. The number of pyridine rings is 1. The number of alkyl halides is 4. The van der Waals surface area contributed by atoms with Crippen molar-refractivity contribution in [3.05, 3.63) is 53.3 Å². The summed E-state index contributed by atoms with van der Waals surface area (Å²) in [7, 11) is 0. The number of nitrogens with zero attached hydrogens (tertiary/aromatic N) is 3. The number of halogens is 4. The first-order chi connectivity index (χ1) is 14.8. The number of nitrogens with one attached hydrogen (secondary N) is 1. The van der Waals surface area contributed by atoms with E-state index in [4.69, 9.17) is 11.6 Å². The van der Waals surface area contributed by atoms with Gasteiger partial charge in [-0.05, 0) is 43.2 Å². The number of aromatic nitrogens is 1. The highest BCUT2D eigenvalue weighted by Gasteiger charge is 2.36. The van der Waals surface area contributed by atoms with Gasteiger partial charge < -0.3 is 15.1 Å². The molecule has 1 fully saturated rings. The number of anilines is 2. The zero-order valence-corrected chi connectivity index (χ0v) is 17.2. The van der Waals surface area contributed by atoms with Crippen LogP contribution in [-0.4, -0.2) is 46.7 Å². The first-order valence-corrected chi connectivity index (χ1v) is 10.4. The number of hydrogen-bond acceptors (Lipinski definition) is 4. The van der Waals surface area contributed by atoms with Gasteiger partial charge in [0.2, 0.25) is 5.91 Å². The summed E-state index contributed by atoms with van der Waals surface area (Å²) < 4.78 is 40.3. The molecule has 1 aromatic carbocycles. The van der Waals surface area contributed by atoms with Crippen molar-refractivity contribution in [3.8, 4) is 0 Å². The van der Waals surface area contributed by atoms with Crippen LogP contribution in [0.1, 0.15) is 34.5 Å². The van der Waals surface area contributed by atoms with Crippen molar-refractivity contribution in [1.82, 2.24) is 9.88 Å². The van der Waals surface area contributed by atoms with E-state index in [9.17, 15) is 22.8 Å². The molecule has 0 aliphatic carbocycles. The third-order valence-electron chi connectivity index (χ3n) is 5.52. The zero-order chi connectivity index (χ0) is 22.2. The lowest BCUT2D eigenvalue weighted by Gasteiger charge is -2.27. The quantitative estimate of drug-likeness (QED) is 0.717. The van der Waals surface area contributed by atoms with Crippen LogP contribution in [0.2, 0.25) is 0 Å². The van der Waals surface area contributed by atoms with E-state index in [1.807, 2.05) is 12.1 Å². The van der Waals surface area contributed by atoms with E-state index < -0.39 is 29.4 Å². The predicted molar refractivity (Wildman–Crippen MR) is 110 cm³/mol. The summed E-state index contributed by atoms with van der Waals surface area (Å²) in [6, 6.07) is 6.73. The van der Waals surface area contributed by atoms with Crippen LogP contribution in [0.4, 0.5) is 24.5 Å². The van der Waals surface area contributed by atoms with Crippen LogP contribution in [0.25, 0.3) is 0 Å². The Morgan fingerprint density at radius 2 is 2.06 bits per heavy atom. The van der Waals surface area contributed by atoms with Crippen molar-refractivity contribution in [3.63, 3.8) is 0 Å². The minimum Gasteiger partial charge on any atom is -0.365 e. The molecule has 3 heterocycles. The minimum absolute atomic E-state index is 0.0793. The van der Waals surface area contributed by atoms with Gasteiger partial charge in [-0.25, -0.2) is 0 Å². The van der Waals surface area contributed by atoms with Crippen molar-refractivity contribution < 1.29 is 22.8 Å². The van der Waals surface area contributed by atoms with E-state index in [1.54, 1.807) is 6.20 Å². The first kappa shape index (κ1) is 21.4. The largest absolute Gasteiger partial charge is 0.416 e. The predicted octanol–water partition coefficient (Wildman–Crippen LogP) is 3.90. The summed E-state index contributed by atoms with van der Waals surface area (Å²) in [4.78, 5) is 33.1. The smallest absolute Gasteiger partial charge is 0.365 e. The summed E-state index contributed by atoms with van der Waals surface area (Å²) in [5.74, 6) is -1.61. The Hall–Kier alpha value is -2.81. The lowest BCUT2D eigenvalue weighted by molar-refractivity contribution is -0.137. The third-order valence-corrected chi connectivity index (χ3v) is 5.77. The maximum atomic E-state index is 13.4. The van der Waals surface area contributed by atoms with E-state index in [0.29, 0.717) is 12.2 Å². The number of carbonyl (C=O) groups excluding carboxylic acids is 2. The SMILES string of the molecule is O=C(CCl)Nc1cc(C(=O)N2Cc3ncccc3N3CCC[C@H]3C2)cc(C(F)(F)F)c1. The van der Waals surface area contributed by atoms with Gasteiger partial charge in [0.25, 0.3) is 5.91 Å². The lowest BCUT2D eigenvalue weighted by atomic mass is 10.1. The van der Waals surface area contributed by atoms with Gasteiger partial charge in [-0.2, -0.15) is 13.2 Å². The second-order valence-electron chi connectivity index (χ2n) is 7.62. The molecular formula is C21H20ClF3N4O2. The maximum Gasteiger partial charge on any atom is 0.416 e. The van der Waals surface area contributed by atoms with Crippen LogP contribution in [0.3, 0.4) is 0 Å². The van der Waals surface area contributed by atoms with E-state index in [1.165, 1.54) is 11.0 Å². The average Bonchev–Trinajstić information content (AvgIpc) is 3.14. The van der Waals surface area contributed by atoms with Crippen molar-refractivity contribution in [2.24, 2.45) is 0 Å². The maximum absolute atomic E-state index is 13.4. The molecule has 4 rings (SSSR count). The number of hydrogen-bond donors (Lipinski definition) is 1. The van der Waals surface area contributed by atoms with E-state index in [-0.39, 0.29) is 23.8 Å². The van der Waals surface area contributed by atoms with Gasteiger partial charge in [-0.15, -0.1) is 11.6 Å². The van der Waals surface area contributed by atoms with Crippen molar-refractivity contribution in [2.45, 2.75) is 31.6 Å². The molecule has 164 valence electrons. The topological polar surface area (TPSA) is 65.5 Å². The molecular weight excluding hydrogens is 433 g/mol. The molecule has 2 aliphatic heterocycles. The zero-order valence-electron chi connectivity index (χ0n) is 16.5. The average molecular weight is 453 g/mol. The second-order valence-corrected chi connectivity index (χ2v) is 7.89. The van der Waals surface area contributed by atoms with Gasteiger partial charge in [-0.1, -0.05) is 0 Å². The number of carbonyl (C=O) groups is 2.